The Labute approximate surface area is 137 Å². The van der Waals surface area contributed by atoms with Crippen molar-refractivity contribution in [2.45, 2.75) is 0 Å². The Morgan fingerprint density at radius 1 is 0.909 bits per heavy atom. The van der Waals surface area contributed by atoms with Crippen LogP contribution in [0.25, 0.3) is 5.65 Å². The lowest BCUT2D eigenvalue weighted by molar-refractivity contribution is 0.647. The number of imidazole rings is 1. The van der Waals surface area contributed by atoms with Gasteiger partial charge in [-0.2, -0.15) is 0 Å². The summed E-state index contributed by atoms with van der Waals surface area (Å²) in [5, 5.41) is 0. The first-order valence-corrected chi connectivity index (χ1v) is 8.14. The quantitative estimate of drug-likeness (QED) is 0.706. The molecule has 2 aromatic heterocycles. The molecular weight excluding hydrogens is 342 g/mol. The lowest BCUT2D eigenvalue weighted by atomic mass is 10.2. The average molecular weight is 358 g/mol. The fourth-order valence-corrected chi connectivity index (χ4v) is 3.30. The number of hydrogen-bond donors (Lipinski definition) is 0. The van der Waals surface area contributed by atoms with E-state index in [1.54, 1.807) is 0 Å². The highest BCUT2D eigenvalue weighted by Gasteiger charge is 2.20. The van der Waals surface area contributed by atoms with E-state index in [0.29, 0.717) is 0 Å². The average Bonchev–Trinajstić information content (AvgIpc) is 3.04. The van der Waals surface area contributed by atoms with E-state index in [1.165, 1.54) is 5.69 Å². The van der Waals surface area contributed by atoms with Crippen LogP contribution in [0.4, 0.5) is 11.5 Å². The van der Waals surface area contributed by atoms with Gasteiger partial charge < -0.3 is 14.2 Å². The molecule has 0 amide bonds. The number of nitrogens with zero attached hydrogens (tertiary/aromatic N) is 5. The van der Waals surface area contributed by atoms with Gasteiger partial charge in [0.25, 0.3) is 0 Å². The van der Waals surface area contributed by atoms with Crippen LogP contribution in [-0.2, 0) is 0 Å². The first-order valence-electron chi connectivity index (χ1n) is 7.34. The van der Waals surface area contributed by atoms with Crippen LogP contribution >= 0.6 is 15.9 Å². The molecule has 0 unspecified atom stereocenters. The van der Waals surface area contributed by atoms with E-state index in [1.807, 2.05) is 29.2 Å². The van der Waals surface area contributed by atoms with Crippen molar-refractivity contribution in [3.05, 3.63) is 53.5 Å². The van der Waals surface area contributed by atoms with E-state index in [0.717, 1.165) is 42.1 Å². The Hall–Kier alpha value is -2.08. The highest BCUT2D eigenvalue weighted by atomic mass is 79.9. The summed E-state index contributed by atoms with van der Waals surface area (Å²) in [6.07, 6.45) is 7.55. The zero-order valence-corrected chi connectivity index (χ0v) is 13.6. The molecule has 1 aliphatic heterocycles. The molecule has 1 aromatic carbocycles. The number of aromatic nitrogens is 3. The Morgan fingerprint density at radius 3 is 2.41 bits per heavy atom. The molecule has 4 rings (SSSR count). The smallest absolute Gasteiger partial charge is 0.180 e. The van der Waals surface area contributed by atoms with Crippen molar-refractivity contribution in [3.63, 3.8) is 0 Å². The number of rotatable bonds is 2. The zero-order chi connectivity index (χ0) is 14.9. The minimum absolute atomic E-state index is 0.929. The van der Waals surface area contributed by atoms with Crippen molar-refractivity contribution in [1.82, 2.24) is 14.4 Å². The second-order valence-electron chi connectivity index (χ2n) is 5.36. The number of benzene rings is 1. The van der Waals surface area contributed by atoms with Gasteiger partial charge in [0.05, 0.1) is 0 Å². The van der Waals surface area contributed by atoms with Crippen LogP contribution in [0.15, 0.2) is 53.5 Å². The number of halogens is 1. The van der Waals surface area contributed by atoms with E-state index >= 15 is 0 Å². The molecule has 6 heteroatoms. The molecule has 0 bridgehead atoms. The van der Waals surface area contributed by atoms with Crippen molar-refractivity contribution in [2.24, 2.45) is 0 Å². The van der Waals surface area contributed by atoms with Gasteiger partial charge in [-0.3, -0.25) is 0 Å². The lowest BCUT2D eigenvalue weighted by Gasteiger charge is -2.36. The van der Waals surface area contributed by atoms with Gasteiger partial charge in [0, 0.05) is 61.1 Å². The van der Waals surface area contributed by atoms with Gasteiger partial charge in [-0.05, 0) is 18.2 Å². The van der Waals surface area contributed by atoms with Gasteiger partial charge >= 0.3 is 0 Å². The van der Waals surface area contributed by atoms with Gasteiger partial charge in [-0.1, -0.05) is 22.0 Å². The van der Waals surface area contributed by atoms with E-state index in [2.05, 4.69) is 60.0 Å². The third-order valence-corrected chi connectivity index (χ3v) is 4.54. The second kappa shape index (κ2) is 5.61. The Bertz CT molecular complexity index is 792. The summed E-state index contributed by atoms with van der Waals surface area (Å²) in [6.45, 7) is 3.87. The summed E-state index contributed by atoms with van der Waals surface area (Å²) in [5.74, 6) is 0.974. The van der Waals surface area contributed by atoms with Crippen LogP contribution in [0.3, 0.4) is 0 Å². The standard InChI is InChI=1S/C16H16BrN5/c17-13-2-1-3-14(12-13)20-8-10-22(11-9-20)16-15-18-4-6-21(15)7-5-19-16/h1-7,12H,8-11H2. The maximum absolute atomic E-state index is 4.53. The molecule has 1 fully saturated rings. The molecule has 3 aromatic rings. The van der Waals surface area contributed by atoms with Crippen LogP contribution in [0, 0.1) is 0 Å². The van der Waals surface area contributed by atoms with E-state index in [4.69, 9.17) is 0 Å². The maximum Gasteiger partial charge on any atom is 0.180 e. The minimum atomic E-state index is 0.929. The van der Waals surface area contributed by atoms with Crippen molar-refractivity contribution in [1.29, 1.82) is 0 Å². The first kappa shape index (κ1) is 13.6. The molecule has 0 aliphatic carbocycles. The van der Waals surface area contributed by atoms with Gasteiger partial charge in [0.2, 0.25) is 0 Å². The first-order chi connectivity index (χ1) is 10.8. The number of hydrogen-bond acceptors (Lipinski definition) is 4. The molecule has 0 N–H and O–H groups in total. The number of piperazine rings is 1. The van der Waals surface area contributed by atoms with Crippen LogP contribution in [0.2, 0.25) is 0 Å². The van der Waals surface area contributed by atoms with Crippen LogP contribution in [0.5, 0.6) is 0 Å². The zero-order valence-electron chi connectivity index (χ0n) is 12.1. The molecular formula is C16H16BrN5. The van der Waals surface area contributed by atoms with Crippen LogP contribution in [-0.4, -0.2) is 40.5 Å². The number of fused-ring (bicyclic) bond motifs is 1. The molecule has 1 aliphatic rings. The van der Waals surface area contributed by atoms with Crippen molar-refractivity contribution < 1.29 is 0 Å². The van der Waals surface area contributed by atoms with Crippen molar-refractivity contribution in [3.8, 4) is 0 Å². The van der Waals surface area contributed by atoms with Gasteiger partial charge in [0.15, 0.2) is 11.5 Å². The summed E-state index contributed by atoms with van der Waals surface area (Å²) < 4.78 is 3.14. The Morgan fingerprint density at radius 2 is 1.64 bits per heavy atom. The summed E-state index contributed by atoms with van der Waals surface area (Å²) in [5.41, 5.74) is 2.19. The predicted octanol–water partition coefficient (Wildman–Crippen LogP) is 2.82. The third kappa shape index (κ3) is 2.43. The number of anilines is 2. The van der Waals surface area contributed by atoms with Gasteiger partial charge in [-0.25, -0.2) is 9.97 Å². The van der Waals surface area contributed by atoms with E-state index in [-0.39, 0.29) is 0 Å². The van der Waals surface area contributed by atoms with E-state index in [9.17, 15) is 0 Å². The van der Waals surface area contributed by atoms with Gasteiger partial charge in [-0.15, -0.1) is 0 Å². The summed E-state index contributed by atoms with van der Waals surface area (Å²) >= 11 is 3.54. The molecule has 1 saturated heterocycles. The molecule has 0 spiro atoms. The molecule has 22 heavy (non-hydrogen) atoms. The van der Waals surface area contributed by atoms with Crippen LogP contribution < -0.4 is 9.80 Å². The summed E-state index contributed by atoms with van der Waals surface area (Å²) in [4.78, 5) is 13.7. The van der Waals surface area contributed by atoms with Crippen LogP contribution in [0.1, 0.15) is 0 Å². The highest BCUT2D eigenvalue weighted by molar-refractivity contribution is 9.10. The third-order valence-electron chi connectivity index (χ3n) is 4.05. The minimum Gasteiger partial charge on any atom is -0.368 e. The van der Waals surface area contributed by atoms with Gasteiger partial charge in [0.1, 0.15) is 0 Å². The van der Waals surface area contributed by atoms with Crippen molar-refractivity contribution >= 4 is 33.1 Å². The molecule has 0 saturated carbocycles. The largest absolute Gasteiger partial charge is 0.368 e. The SMILES string of the molecule is Brc1cccc(N2CCN(c3nccn4ccnc34)CC2)c1. The normalized spacial score (nSPS) is 15.5. The second-order valence-corrected chi connectivity index (χ2v) is 6.28. The molecule has 0 radical (unpaired) electrons. The summed E-state index contributed by atoms with van der Waals surface area (Å²) in [6, 6.07) is 8.47. The predicted molar refractivity (Wildman–Crippen MR) is 91.6 cm³/mol. The van der Waals surface area contributed by atoms with Crippen molar-refractivity contribution in [2.75, 3.05) is 36.0 Å². The maximum atomic E-state index is 4.53. The summed E-state index contributed by atoms with van der Waals surface area (Å²) in [7, 11) is 0. The molecule has 3 heterocycles. The fourth-order valence-electron chi connectivity index (χ4n) is 2.91. The monoisotopic (exact) mass is 357 g/mol. The fraction of sp³-hybridized carbons (Fsp3) is 0.250. The Kier molecular flexibility index (Phi) is 3.46. The lowest BCUT2D eigenvalue weighted by Crippen LogP contribution is -2.47. The Balaban J connectivity index is 1.53. The highest BCUT2D eigenvalue weighted by Crippen LogP contribution is 2.23. The molecule has 0 atom stereocenters. The molecule has 5 nitrogen and oxygen atoms in total. The van der Waals surface area contributed by atoms with E-state index < -0.39 is 0 Å². The molecule has 112 valence electrons. The topological polar surface area (TPSA) is 36.7 Å².